The second-order valence-corrected chi connectivity index (χ2v) is 6.31. The number of carbonyl (C=O) groups is 2. The van der Waals surface area contributed by atoms with Crippen molar-refractivity contribution >= 4 is 34.2 Å². The summed E-state index contributed by atoms with van der Waals surface area (Å²) in [6, 6.07) is 14.0. The lowest BCUT2D eigenvalue weighted by molar-refractivity contribution is 0.0913. The molecule has 0 aliphatic heterocycles. The number of halogens is 1. The second kappa shape index (κ2) is 7.94. The van der Waals surface area contributed by atoms with E-state index in [2.05, 4.69) is 6.07 Å². The zero-order valence-electron chi connectivity index (χ0n) is 14.3. The summed E-state index contributed by atoms with van der Waals surface area (Å²) < 4.78 is 7.42. The van der Waals surface area contributed by atoms with Crippen molar-refractivity contribution in [3.63, 3.8) is 0 Å². The molecule has 3 aromatic rings. The molecule has 27 heavy (non-hydrogen) atoms. The first kappa shape index (κ1) is 18.5. The first-order valence-corrected chi connectivity index (χ1v) is 8.59. The summed E-state index contributed by atoms with van der Waals surface area (Å²) in [7, 11) is 0. The molecule has 0 aliphatic carbocycles. The monoisotopic (exact) mass is 381 g/mol. The largest absolute Gasteiger partial charge is 0.485 e. The average molecular weight is 382 g/mol. The Labute approximate surface area is 160 Å². The maximum absolute atomic E-state index is 12.7. The highest BCUT2D eigenvalue weighted by Crippen LogP contribution is 2.25. The van der Waals surface area contributed by atoms with Crippen LogP contribution < -0.4 is 10.5 Å². The van der Waals surface area contributed by atoms with Gasteiger partial charge in [-0.3, -0.25) is 9.59 Å². The number of Topliss-reactive ketones (excluding diaryl/α,β-unsaturated/α-hetero) is 1. The summed E-state index contributed by atoms with van der Waals surface area (Å²) in [5, 5.41) is 9.96. The summed E-state index contributed by atoms with van der Waals surface area (Å²) >= 11 is 5.87. The van der Waals surface area contributed by atoms with Gasteiger partial charge in [0.1, 0.15) is 5.75 Å². The zero-order valence-corrected chi connectivity index (χ0v) is 15.1. The molecule has 2 N–H and O–H groups in total. The highest BCUT2D eigenvalue weighted by Gasteiger charge is 2.17. The maximum atomic E-state index is 12.7. The molecule has 7 heteroatoms. The highest BCUT2D eigenvalue weighted by atomic mass is 35.5. The van der Waals surface area contributed by atoms with Gasteiger partial charge in [-0.2, -0.15) is 5.26 Å². The number of ether oxygens (including phenoxy) is 1. The van der Waals surface area contributed by atoms with E-state index in [4.69, 9.17) is 27.3 Å². The van der Waals surface area contributed by atoms with Gasteiger partial charge >= 0.3 is 0 Å². The van der Waals surface area contributed by atoms with Crippen LogP contribution in [0.3, 0.4) is 0 Å². The van der Waals surface area contributed by atoms with Crippen LogP contribution in [-0.2, 0) is 6.54 Å². The van der Waals surface area contributed by atoms with Crippen molar-refractivity contribution in [2.45, 2.75) is 13.0 Å². The van der Waals surface area contributed by atoms with E-state index in [0.717, 1.165) is 10.9 Å². The second-order valence-electron chi connectivity index (χ2n) is 5.88. The molecular formula is C20H16ClN3O3. The van der Waals surface area contributed by atoms with E-state index in [9.17, 15) is 9.59 Å². The van der Waals surface area contributed by atoms with E-state index in [0.29, 0.717) is 23.6 Å². The summed E-state index contributed by atoms with van der Waals surface area (Å²) in [5.74, 6) is -0.728. The van der Waals surface area contributed by atoms with E-state index in [1.165, 1.54) is 12.1 Å². The number of rotatable bonds is 7. The maximum Gasteiger partial charge on any atom is 0.252 e. The zero-order chi connectivity index (χ0) is 19.4. The minimum Gasteiger partial charge on any atom is -0.485 e. The summed E-state index contributed by atoms with van der Waals surface area (Å²) in [6.07, 6.45) is 2.07. The standard InChI is InChI=1S/C20H16ClN3O3/c21-13-6-7-19(15(10-13)20(23)26)27-12-18(25)16-11-24(9-3-8-22)17-5-2-1-4-14(16)17/h1-2,4-7,10-11H,3,9,12H2,(H2,23,26). The molecule has 0 saturated carbocycles. The molecule has 0 saturated heterocycles. The average Bonchev–Trinajstić information content (AvgIpc) is 3.04. The molecule has 1 heterocycles. The van der Waals surface area contributed by atoms with Crippen LogP contribution in [0.1, 0.15) is 27.1 Å². The van der Waals surface area contributed by atoms with Gasteiger partial charge in [-0.25, -0.2) is 0 Å². The van der Waals surface area contributed by atoms with Crippen molar-refractivity contribution in [1.82, 2.24) is 4.57 Å². The normalized spacial score (nSPS) is 10.5. The number of carbonyl (C=O) groups excluding carboxylic acids is 2. The van der Waals surface area contributed by atoms with Gasteiger partial charge < -0.3 is 15.0 Å². The Hall–Kier alpha value is -3.30. The van der Waals surface area contributed by atoms with Crippen LogP contribution in [0, 0.1) is 11.3 Å². The fourth-order valence-corrected chi connectivity index (χ4v) is 3.04. The van der Waals surface area contributed by atoms with Gasteiger partial charge in [0.15, 0.2) is 6.61 Å². The van der Waals surface area contributed by atoms with Crippen molar-refractivity contribution in [2.24, 2.45) is 5.73 Å². The Bertz CT molecular complexity index is 1070. The number of nitrogens with zero attached hydrogens (tertiary/aromatic N) is 2. The Morgan fingerprint density at radius 1 is 1.19 bits per heavy atom. The molecule has 0 spiro atoms. The Kier molecular flexibility index (Phi) is 5.43. The van der Waals surface area contributed by atoms with Crippen molar-refractivity contribution in [2.75, 3.05) is 6.61 Å². The van der Waals surface area contributed by atoms with E-state index in [1.54, 1.807) is 12.3 Å². The Balaban J connectivity index is 1.85. The summed E-state index contributed by atoms with van der Waals surface area (Å²) in [4.78, 5) is 24.3. The fourth-order valence-electron chi connectivity index (χ4n) is 2.87. The van der Waals surface area contributed by atoms with Crippen LogP contribution in [0.25, 0.3) is 10.9 Å². The molecule has 0 radical (unpaired) electrons. The molecule has 0 atom stereocenters. The highest BCUT2D eigenvalue weighted by molar-refractivity contribution is 6.31. The quantitative estimate of drug-likeness (QED) is 0.632. The number of amides is 1. The number of aryl methyl sites for hydroxylation is 1. The topological polar surface area (TPSA) is 98.1 Å². The van der Waals surface area contributed by atoms with Crippen molar-refractivity contribution in [1.29, 1.82) is 5.26 Å². The molecule has 1 amide bonds. The Morgan fingerprint density at radius 2 is 1.96 bits per heavy atom. The lowest BCUT2D eigenvalue weighted by atomic mass is 10.1. The van der Waals surface area contributed by atoms with Gasteiger partial charge in [0.25, 0.3) is 5.91 Å². The van der Waals surface area contributed by atoms with Crippen LogP contribution in [0.4, 0.5) is 0 Å². The third-order valence-corrected chi connectivity index (χ3v) is 4.35. The molecule has 0 fully saturated rings. The van der Waals surface area contributed by atoms with Crippen molar-refractivity contribution in [3.8, 4) is 11.8 Å². The van der Waals surface area contributed by atoms with Gasteiger partial charge in [-0.05, 0) is 24.3 Å². The number of primary amides is 1. The molecule has 6 nitrogen and oxygen atoms in total. The smallest absolute Gasteiger partial charge is 0.252 e. The number of fused-ring (bicyclic) bond motifs is 1. The van der Waals surface area contributed by atoms with E-state index >= 15 is 0 Å². The van der Waals surface area contributed by atoms with Gasteiger partial charge in [-0.1, -0.05) is 29.8 Å². The molecule has 0 aliphatic rings. The number of benzene rings is 2. The van der Waals surface area contributed by atoms with E-state index in [-0.39, 0.29) is 23.7 Å². The van der Waals surface area contributed by atoms with Gasteiger partial charge in [-0.15, -0.1) is 0 Å². The van der Waals surface area contributed by atoms with E-state index in [1.807, 2.05) is 28.8 Å². The van der Waals surface area contributed by atoms with Crippen LogP contribution in [0.5, 0.6) is 5.75 Å². The van der Waals surface area contributed by atoms with Gasteiger partial charge in [0.2, 0.25) is 5.78 Å². The summed E-state index contributed by atoms with van der Waals surface area (Å²) in [6.45, 7) is 0.238. The lowest BCUT2D eigenvalue weighted by Gasteiger charge is -2.09. The molecule has 3 rings (SSSR count). The van der Waals surface area contributed by atoms with Crippen LogP contribution >= 0.6 is 11.6 Å². The third kappa shape index (κ3) is 3.94. The van der Waals surface area contributed by atoms with Crippen LogP contribution in [-0.4, -0.2) is 22.9 Å². The number of para-hydroxylation sites is 1. The predicted molar refractivity (Wildman–Crippen MR) is 102 cm³/mol. The van der Waals surface area contributed by atoms with Crippen molar-refractivity contribution < 1.29 is 14.3 Å². The first-order chi connectivity index (χ1) is 13.0. The van der Waals surface area contributed by atoms with Crippen LogP contribution in [0.2, 0.25) is 5.02 Å². The molecule has 2 aromatic carbocycles. The SMILES string of the molecule is N#CCCn1cc(C(=O)COc2ccc(Cl)cc2C(N)=O)c2ccccc21. The number of aromatic nitrogens is 1. The van der Waals surface area contributed by atoms with Gasteiger partial charge in [0.05, 0.1) is 18.1 Å². The number of nitriles is 1. The van der Waals surface area contributed by atoms with E-state index < -0.39 is 5.91 Å². The molecular weight excluding hydrogens is 366 g/mol. The number of hydrogen-bond donors (Lipinski definition) is 1. The number of ketones is 1. The fraction of sp³-hybridized carbons (Fsp3) is 0.150. The Morgan fingerprint density at radius 3 is 2.70 bits per heavy atom. The lowest BCUT2D eigenvalue weighted by Crippen LogP contribution is -2.16. The molecule has 0 bridgehead atoms. The molecule has 0 unspecified atom stereocenters. The predicted octanol–water partition coefficient (Wildman–Crippen LogP) is 3.57. The van der Waals surface area contributed by atoms with Crippen molar-refractivity contribution in [3.05, 3.63) is 64.8 Å². The molecule has 1 aromatic heterocycles. The number of nitrogens with two attached hydrogens (primary N) is 1. The van der Waals surface area contributed by atoms with Crippen LogP contribution in [0.15, 0.2) is 48.7 Å². The number of hydrogen-bond acceptors (Lipinski definition) is 4. The summed E-state index contributed by atoms with van der Waals surface area (Å²) in [5.41, 5.74) is 6.82. The molecule has 136 valence electrons. The minimum atomic E-state index is -0.687. The van der Waals surface area contributed by atoms with Gasteiger partial charge in [0, 0.05) is 34.2 Å². The minimum absolute atomic E-state index is 0.117. The third-order valence-electron chi connectivity index (χ3n) is 4.12. The first-order valence-electron chi connectivity index (χ1n) is 8.21.